The highest BCUT2D eigenvalue weighted by atomic mass is 35.5. The van der Waals surface area contributed by atoms with Gasteiger partial charge in [-0.2, -0.15) is 4.98 Å². The fourth-order valence-electron chi connectivity index (χ4n) is 2.56. The number of nitrogens with one attached hydrogen (secondary N) is 3. The molecule has 0 bridgehead atoms. The van der Waals surface area contributed by atoms with Gasteiger partial charge >= 0.3 is 0 Å². The van der Waals surface area contributed by atoms with Gasteiger partial charge in [0.1, 0.15) is 0 Å². The van der Waals surface area contributed by atoms with Crippen LogP contribution in [0.2, 0.25) is 0 Å². The van der Waals surface area contributed by atoms with Gasteiger partial charge in [-0.25, -0.2) is 4.98 Å². The monoisotopic (exact) mass is 353 g/mol. The molecule has 0 radical (unpaired) electrons. The molecule has 7 heteroatoms. The van der Waals surface area contributed by atoms with Crippen molar-refractivity contribution in [3.63, 3.8) is 0 Å². The average Bonchev–Trinajstić information content (AvgIpc) is 3.10. The van der Waals surface area contributed by atoms with Gasteiger partial charge in [0.25, 0.3) is 5.56 Å². The molecule has 0 fully saturated rings. The summed E-state index contributed by atoms with van der Waals surface area (Å²) in [5, 5.41) is 3.12. The number of anilines is 1. The molecule has 0 saturated carbocycles. The number of aromatic nitrogens is 4. The molecular weight excluding hydrogens is 338 g/mol. The van der Waals surface area contributed by atoms with Gasteiger partial charge in [0, 0.05) is 6.54 Å². The summed E-state index contributed by atoms with van der Waals surface area (Å²) in [7, 11) is 0. The highest BCUT2D eigenvalue weighted by Crippen LogP contribution is 2.19. The second-order valence-electron chi connectivity index (χ2n) is 5.43. The summed E-state index contributed by atoms with van der Waals surface area (Å²) in [6.07, 6.45) is 1.46. The predicted octanol–water partition coefficient (Wildman–Crippen LogP) is 3.35. The van der Waals surface area contributed by atoms with Crippen LogP contribution >= 0.6 is 12.4 Å². The van der Waals surface area contributed by atoms with Crippen LogP contribution in [0, 0.1) is 0 Å². The third kappa shape index (κ3) is 3.54. The minimum atomic E-state index is -0.237. The van der Waals surface area contributed by atoms with Gasteiger partial charge in [-0.15, -0.1) is 12.4 Å². The Kier molecular flexibility index (Phi) is 4.81. The molecule has 0 aliphatic rings. The molecule has 126 valence electrons. The highest BCUT2D eigenvalue weighted by molar-refractivity contribution is 5.85. The Morgan fingerprint density at radius 1 is 0.960 bits per heavy atom. The quantitative estimate of drug-likeness (QED) is 0.525. The predicted molar refractivity (Wildman–Crippen MR) is 101 cm³/mol. The molecule has 4 rings (SSSR count). The second kappa shape index (κ2) is 7.19. The number of halogens is 1. The highest BCUT2D eigenvalue weighted by Gasteiger charge is 2.05. The minimum Gasteiger partial charge on any atom is -0.352 e. The molecule has 0 aliphatic carbocycles. The van der Waals surface area contributed by atoms with Crippen molar-refractivity contribution in [3.05, 3.63) is 76.8 Å². The van der Waals surface area contributed by atoms with E-state index in [2.05, 4.69) is 61.7 Å². The van der Waals surface area contributed by atoms with Crippen LogP contribution < -0.4 is 10.9 Å². The lowest BCUT2D eigenvalue weighted by molar-refractivity contribution is 1.05. The molecule has 2 heterocycles. The van der Waals surface area contributed by atoms with Gasteiger partial charge in [-0.3, -0.25) is 9.78 Å². The molecule has 0 aliphatic heterocycles. The van der Waals surface area contributed by atoms with E-state index in [1.54, 1.807) is 0 Å². The molecule has 0 amide bonds. The van der Waals surface area contributed by atoms with E-state index in [1.807, 2.05) is 18.2 Å². The van der Waals surface area contributed by atoms with E-state index >= 15 is 0 Å². The summed E-state index contributed by atoms with van der Waals surface area (Å²) in [5.41, 5.74) is 4.00. The smallest absolute Gasteiger partial charge is 0.278 e. The standard InChI is InChI=1S/C18H15N5O.ClH/c24-17-15-16(21-11-20-15)22-18(23-17)19-10-12-6-8-14(9-7-12)13-4-2-1-3-5-13;/h1-9,11H,10H2,(H3,19,20,21,22,23,24);1H. The van der Waals surface area contributed by atoms with Gasteiger partial charge < -0.3 is 10.3 Å². The molecule has 0 unspecified atom stereocenters. The second-order valence-corrected chi connectivity index (χ2v) is 5.43. The molecule has 25 heavy (non-hydrogen) atoms. The maximum Gasteiger partial charge on any atom is 0.278 e. The summed E-state index contributed by atoms with van der Waals surface area (Å²) in [6, 6.07) is 18.5. The first-order valence-electron chi connectivity index (χ1n) is 7.61. The number of aromatic amines is 2. The van der Waals surface area contributed by atoms with E-state index in [0.717, 1.165) is 5.56 Å². The molecule has 4 aromatic rings. The van der Waals surface area contributed by atoms with Crippen molar-refractivity contribution >= 4 is 29.5 Å². The maximum absolute atomic E-state index is 11.9. The Morgan fingerprint density at radius 2 is 1.68 bits per heavy atom. The van der Waals surface area contributed by atoms with Crippen LogP contribution in [0.4, 0.5) is 5.95 Å². The Balaban J connectivity index is 0.00000182. The van der Waals surface area contributed by atoms with Crippen molar-refractivity contribution in [1.29, 1.82) is 0 Å². The van der Waals surface area contributed by atoms with Crippen LogP contribution in [-0.2, 0) is 6.54 Å². The normalized spacial score (nSPS) is 10.4. The summed E-state index contributed by atoms with van der Waals surface area (Å²) < 4.78 is 0. The fourth-order valence-corrected chi connectivity index (χ4v) is 2.56. The summed E-state index contributed by atoms with van der Waals surface area (Å²) in [6.45, 7) is 0.563. The van der Waals surface area contributed by atoms with Crippen LogP contribution in [0.1, 0.15) is 5.56 Å². The van der Waals surface area contributed by atoms with Crippen molar-refractivity contribution in [2.24, 2.45) is 0 Å². The molecule has 0 spiro atoms. The lowest BCUT2D eigenvalue weighted by atomic mass is 10.0. The van der Waals surface area contributed by atoms with Crippen molar-refractivity contribution < 1.29 is 0 Å². The lowest BCUT2D eigenvalue weighted by Gasteiger charge is -2.07. The number of H-pyrrole nitrogens is 2. The number of nitrogens with zero attached hydrogens (tertiary/aromatic N) is 2. The molecule has 0 atom stereocenters. The zero-order valence-electron chi connectivity index (χ0n) is 13.2. The number of benzene rings is 2. The van der Waals surface area contributed by atoms with E-state index in [9.17, 15) is 4.79 Å². The number of fused-ring (bicyclic) bond motifs is 1. The Morgan fingerprint density at radius 3 is 2.44 bits per heavy atom. The van der Waals surface area contributed by atoms with Gasteiger partial charge in [0.15, 0.2) is 11.2 Å². The average molecular weight is 354 g/mol. The third-order valence-electron chi connectivity index (χ3n) is 3.82. The van der Waals surface area contributed by atoms with Gasteiger partial charge in [-0.1, -0.05) is 54.6 Å². The van der Waals surface area contributed by atoms with E-state index < -0.39 is 0 Å². The van der Waals surface area contributed by atoms with Crippen molar-refractivity contribution in [1.82, 2.24) is 19.9 Å². The third-order valence-corrected chi connectivity index (χ3v) is 3.82. The number of hydrogen-bond donors (Lipinski definition) is 3. The van der Waals surface area contributed by atoms with Crippen molar-refractivity contribution in [2.75, 3.05) is 5.32 Å². The fraction of sp³-hybridized carbons (Fsp3) is 0.0556. The summed E-state index contributed by atoms with van der Waals surface area (Å²) >= 11 is 0. The van der Waals surface area contributed by atoms with E-state index in [4.69, 9.17) is 0 Å². The number of imidazole rings is 1. The molecule has 3 N–H and O–H groups in total. The lowest BCUT2D eigenvalue weighted by Crippen LogP contribution is -2.13. The van der Waals surface area contributed by atoms with Crippen LogP contribution in [-0.4, -0.2) is 19.9 Å². The number of rotatable bonds is 4. The first-order valence-corrected chi connectivity index (χ1v) is 7.61. The SMILES string of the molecule is Cl.O=c1[nH]c(NCc2ccc(-c3ccccc3)cc2)nc2nc[nH]c12. The zero-order chi connectivity index (χ0) is 16.4. The summed E-state index contributed by atoms with van der Waals surface area (Å²) in [5.74, 6) is 0.409. The molecule has 2 aromatic carbocycles. The molecule has 6 nitrogen and oxygen atoms in total. The van der Waals surface area contributed by atoms with E-state index in [0.29, 0.717) is 23.7 Å². The maximum atomic E-state index is 11.9. The first-order chi connectivity index (χ1) is 11.8. The van der Waals surface area contributed by atoms with Crippen molar-refractivity contribution in [3.8, 4) is 11.1 Å². The van der Waals surface area contributed by atoms with Crippen LogP contribution in [0.3, 0.4) is 0 Å². The van der Waals surface area contributed by atoms with Gasteiger partial charge in [-0.05, 0) is 16.7 Å². The van der Waals surface area contributed by atoms with Crippen LogP contribution in [0.25, 0.3) is 22.3 Å². The zero-order valence-corrected chi connectivity index (χ0v) is 14.0. The van der Waals surface area contributed by atoms with Crippen LogP contribution in [0.15, 0.2) is 65.7 Å². The van der Waals surface area contributed by atoms with Gasteiger partial charge in [0.2, 0.25) is 5.95 Å². The largest absolute Gasteiger partial charge is 0.352 e. The topological polar surface area (TPSA) is 86.5 Å². The molecular formula is C18H16ClN5O. The summed E-state index contributed by atoms with van der Waals surface area (Å²) in [4.78, 5) is 25.6. The van der Waals surface area contributed by atoms with Crippen molar-refractivity contribution in [2.45, 2.75) is 6.54 Å². The Labute approximate surface area is 149 Å². The Hall–Kier alpha value is -3.12. The number of hydrogen-bond acceptors (Lipinski definition) is 4. The minimum absolute atomic E-state index is 0. The Bertz CT molecular complexity index is 1020. The van der Waals surface area contributed by atoms with Gasteiger partial charge in [0.05, 0.1) is 6.33 Å². The van der Waals surface area contributed by atoms with E-state index in [-0.39, 0.29) is 18.0 Å². The molecule has 0 saturated heterocycles. The van der Waals surface area contributed by atoms with E-state index in [1.165, 1.54) is 17.5 Å². The first kappa shape index (κ1) is 16.7. The molecule has 2 aromatic heterocycles. The van der Waals surface area contributed by atoms with Crippen LogP contribution in [0.5, 0.6) is 0 Å².